The molecule has 1 aromatic rings. The van der Waals surface area contributed by atoms with Crippen LogP contribution in [0.25, 0.3) is 0 Å². The van der Waals surface area contributed by atoms with Crippen LogP contribution in [0, 0.1) is 4.78 Å². The van der Waals surface area contributed by atoms with E-state index in [1.807, 2.05) is 18.2 Å². The molecule has 0 saturated carbocycles. The Kier molecular flexibility index (Phi) is 3.16. The van der Waals surface area contributed by atoms with E-state index < -0.39 is 9.92 Å². The van der Waals surface area contributed by atoms with Crippen LogP contribution < -0.4 is 4.90 Å². The zero-order valence-corrected chi connectivity index (χ0v) is 10.2. The molecular formula is C11H17N3OS. The van der Waals surface area contributed by atoms with Crippen molar-refractivity contribution < 1.29 is 4.21 Å². The molecule has 1 atom stereocenters. The van der Waals surface area contributed by atoms with Gasteiger partial charge in [-0.3, -0.25) is 0 Å². The van der Waals surface area contributed by atoms with Gasteiger partial charge >= 0.3 is 0 Å². The van der Waals surface area contributed by atoms with Gasteiger partial charge in [0, 0.05) is 38.1 Å². The summed E-state index contributed by atoms with van der Waals surface area (Å²) in [6.45, 7) is 3.09. The van der Waals surface area contributed by atoms with Gasteiger partial charge in [0.25, 0.3) is 0 Å². The maximum absolute atomic E-state index is 11.6. The number of benzene rings is 1. The molecule has 1 fully saturated rings. The Morgan fingerprint density at radius 2 is 1.69 bits per heavy atom. The fourth-order valence-corrected chi connectivity index (χ4v) is 2.79. The quantitative estimate of drug-likeness (QED) is 0.848. The van der Waals surface area contributed by atoms with E-state index in [1.165, 1.54) is 11.9 Å². The maximum Gasteiger partial charge on any atom is 0.104 e. The van der Waals surface area contributed by atoms with Crippen molar-refractivity contribution in [2.24, 2.45) is 0 Å². The summed E-state index contributed by atoms with van der Waals surface area (Å²) in [5, 5.41) is 0. The van der Waals surface area contributed by atoms with Crippen LogP contribution in [-0.4, -0.2) is 40.9 Å². The summed E-state index contributed by atoms with van der Waals surface area (Å²) in [7, 11) is -2.52. The largest absolute Gasteiger partial charge is 0.369 e. The Morgan fingerprint density at radius 3 is 2.19 bits per heavy atom. The van der Waals surface area contributed by atoms with Crippen LogP contribution in [0.4, 0.5) is 5.69 Å². The average Bonchev–Trinajstić information content (AvgIpc) is 2.29. The van der Waals surface area contributed by atoms with Gasteiger partial charge in [0.15, 0.2) is 0 Å². The molecular weight excluding hydrogens is 222 g/mol. The number of nitrogens with zero attached hydrogens (tertiary/aromatic N) is 2. The Balaban J connectivity index is 2.01. The van der Waals surface area contributed by atoms with Gasteiger partial charge in [-0.05, 0) is 12.1 Å². The first kappa shape index (κ1) is 11.4. The normalized spacial score (nSPS) is 21.7. The standard InChI is InChI=1S/C11H17N3OS/c1-16(12,15)14-9-7-13(8-10-14)11-5-3-2-4-6-11/h2-6,12H,7-10H2,1H3. The topological polar surface area (TPSA) is 47.4 Å². The predicted octanol–water partition coefficient (Wildman–Crippen LogP) is 1.40. The van der Waals surface area contributed by atoms with Crippen LogP contribution in [0.15, 0.2) is 30.3 Å². The summed E-state index contributed by atoms with van der Waals surface area (Å²) in [6.07, 6.45) is 1.49. The van der Waals surface area contributed by atoms with E-state index in [1.54, 1.807) is 4.31 Å². The Hall–Kier alpha value is -1.07. The second-order valence-corrected chi connectivity index (χ2v) is 6.18. The number of anilines is 1. The fourth-order valence-electron chi connectivity index (χ4n) is 1.93. The third-order valence-corrected chi connectivity index (χ3v) is 4.20. The van der Waals surface area contributed by atoms with Crippen molar-refractivity contribution in [3.63, 3.8) is 0 Å². The summed E-state index contributed by atoms with van der Waals surface area (Å²) in [4.78, 5) is 2.27. The van der Waals surface area contributed by atoms with E-state index in [9.17, 15) is 4.21 Å². The molecule has 1 N–H and O–H groups in total. The molecule has 1 aliphatic heterocycles. The van der Waals surface area contributed by atoms with Crippen molar-refractivity contribution in [3.8, 4) is 0 Å². The summed E-state index contributed by atoms with van der Waals surface area (Å²) >= 11 is 0. The average molecular weight is 239 g/mol. The third-order valence-electron chi connectivity index (χ3n) is 2.85. The van der Waals surface area contributed by atoms with Gasteiger partial charge in [0.1, 0.15) is 9.92 Å². The molecule has 1 aliphatic rings. The van der Waals surface area contributed by atoms with Crippen molar-refractivity contribution in [1.82, 2.24) is 4.31 Å². The van der Waals surface area contributed by atoms with Crippen LogP contribution in [0.1, 0.15) is 0 Å². The molecule has 0 bridgehead atoms. The highest BCUT2D eigenvalue weighted by atomic mass is 32.2. The van der Waals surface area contributed by atoms with E-state index in [0.717, 1.165) is 13.1 Å². The van der Waals surface area contributed by atoms with Gasteiger partial charge in [-0.15, -0.1) is 0 Å². The van der Waals surface area contributed by atoms with Crippen molar-refractivity contribution in [3.05, 3.63) is 30.3 Å². The molecule has 2 rings (SSSR count). The molecule has 1 unspecified atom stereocenters. The van der Waals surface area contributed by atoms with Gasteiger partial charge in [0.2, 0.25) is 0 Å². The summed E-state index contributed by atoms with van der Waals surface area (Å²) < 4.78 is 20.8. The van der Waals surface area contributed by atoms with Crippen molar-refractivity contribution >= 4 is 15.6 Å². The fraction of sp³-hybridized carbons (Fsp3) is 0.455. The molecule has 1 saturated heterocycles. The Bertz CT molecular complexity index is 436. The lowest BCUT2D eigenvalue weighted by Crippen LogP contribution is -2.48. The van der Waals surface area contributed by atoms with Crippen LogP contribution >= 0.6 is 0 Å². The minimum atomic E-state index is -2.52. The zero-order valence-electron chi connectivity index (χ0n) is 9.43. The monoisotopic (exact) mass is 239 g/mol. The zero-order chi connectivity index (χ0) is 11.6. The molecule has 16 heavy (non-hydrogen) atoms. The molecule has 0 spiro atoms. The van der Waals surface area contributed by atoms with Gasteiger partial charge < -0.3 is 4.90 Å². The first-order valence-electron chi connectivity index (χ1n) is 5.36. The number of nitrogens with one attached hydrogen (secondary N) is 1. The van der Waals surface area contributed by atoms with Crippen LogP contribution in [0.5, 0.6) is 0 Å². The minimum Gasteiger partial charge on any atom is -0.369 e. The lowest BCUT2D eigenvalue weighted by atomic mass is 10.2. The molecule has 1 heterocycles. The van der Waals surface area contributed by atoms with Gasteiger partial charge in [-0.25, -0.2) is 13.3 Å². The van der Waals surface area contributed by atoms with Gasteiger partial charge in [-0.1, -0.05) is 18.2 Å². The van der Waals surface area contributed by atoms with E-state index >= 15 is 0 Å². The van der Waals surface area contributed by atoms with Crippen molar-refractivity contribution in [2.75, 3.05) is 37.3 Å². The van der Waals surface area contributed by atoms with Gasteiger partial charge in [0.05, 0.1) is 0 Å². The smallest absolute Gasteiger partial charge is 0.104 e. The SMILES string of the molecule is CS(=N)(=O)N1CCN(c2ccccc2)CC1. The maximum atomic E-state index is 11.6. The highest BCUT2D eigenvalue weighted by Gasteiger charge is 2.21. The number of rotatable bonds is 2. The summed E-state index contributed by atoms with van der Waals surface area (Å²) in [6, 6.07) is 10.2. The van der Waals surface area contributed by atoms with E-state index in [-0.39, 0.29) is 0 Å². The van der Waals surface area contributed by atoms with E-state index in [2.05, 4.69) is 17.0 Å². The molecule has 4 nitrogen and oxygen atoms in total. The molecule has 0 amide bonds. The molecule has 1 aromatic carbocycles. The van der Waals surface area contributed by atoms with Crippen LogP contribution in [0.2, 0.25) is 0 Å². The summed E-state index contributed by atoms with van der Waals surface area (Å²) in [5.41, 5.74) is 1.20. The van der Waals surface area contributed by atoms with Crippen molar-refractivity contribution in [2.45, 2.75) is 0 Å². The first-order chi connectivity index (χ1) is 7.57. The minimum absolute atomic E-state index is 0.702. The molecule has 0 aromatic heterocycles. The number of hydrogen-bond donors (Lipinski definition) is 1. The molecule has 0 radical (unpaired) electrons. The first-order valence-corrected chi connectivity index (χ1v) is 7.28. The van der Waals surface area contributed by atoms with E-state index in [0.29, 0.717) is 13.1 Å². The Labute approximate surface area is 97.0 Å². The number of piperazine rings is 1. The van der Waals surface area contributed by atoms with Crippen molar-refractivity contribution in [1.29, 1.82) is 4.78 Å². The number of hydrogen-bond acceptors (Lipinski definition) is 3. The predicted molar refractivity (Wildman–Crippen MR) is 67.0 cm³/mol. The highest BCUT2D eigenvalue weighted by Crippen LogP contribution is 2.16. The molecule has 5 heteroatoms. The summed E-state index contributed by atoms with van der Waals surface area (Å²) in [5.74, 6) is 0. The second-order valence-electron chi connectivity index (χ2n) is 4.05. The van der Waals surface area contributed by atoms with Gasteiger partial charge in [-0.2, -0.15) is 0 Å². The highest BCUT2D eigenvalue weighted by molar-refractivity contribution is 7.89. The third kappa shape index (κ3) is 2.54. The van der Waals surface area contributed by atoms with Crippen LogP contribution in [0.3, 0.4) is 0 Å². The number of para-hydroxylation sites is 1. The second kappa shape index (κ2) is 4.43. The Morgan fingerprint density at radius 1 is 1.12 bits per heavy atom. The van der Waals surface area contributed by atoms with E-state index in [4.69, 9.17) is 4.78 Å². The lowest BCUT2D eigenvalue weighted by Gasteiger charge is -2.35. The lowest BCUT2D eigenvalue weighted by molar-refractivity contribution is 0.406. The van der Waals surface area contributed by atoms with Crippen LogP contribution in [-0.2, 0) is 9.92 Å². The molecule has 88 valence electrons. The molecule has 0 aliphatic carbocycles.